The van der Waals surface area contributed by atoms with Crippen molar-refractivity contribution in [3.8, 4) is 0 Å². The summed E-state index contributed by atoms with van der Waals surface area (Å²) in [7, 11) is -4.42. The molecule has 0 fully saturated rings. The van der Waals surface area contributed by atoms with Crippen molar-refractivity contribution in [2.45, 2.75) is 43.4 Å². The quantitative estimate of drug-likeness (QED) is 0.351. The number of fused-ring (bicyclic) bond motifs is 1. The topological polar surface area (TPSA) is 109 Å². The van der Waals surface area contributed by atoms with Gasteiger partial charge in [-0.15, -0.1) is 11.3 Å². The van der Waals surface area contributed by atoms with Gasteiger partial charge in [-0.05, 0) is 53.4 Å². The number of aromatic nitrogens is 2. The molecule has 1 unspecified atom stereocenters. The first-order valence-corrected chi connectivity index (χ1v) is 12.8. The largest absolute Gasteiger partial charge is 0.477 e. The zero-order valence-corrected chi connectivity index (χ0v) is 20.9. The Balaban J connectivity index is 1.98. The van der Waals surface area contributed by atoms with Gasteiger partial charge in [0.25, 0.3) is 10.0 Å². The van der Waals surface area contributed by atoms with Crippen molar-refractivity contribution in [3.05, 3.63) is 81.3 Å². The number of thiophene rings is 1. The number of pyridine rings is 1. The monoisotopic (exact) mass is 538 g/mol. The Hall–Kier alpha value is -3.22. The van der Waals surface area contributed by atoms with Crippen molar-refractivity contribution in [2.24, 2.45) is 0 Å². The molecule has 0 aliphatic carbocycles. The number of aliphatic hydroxyl groups excluding tert-OH is 1. The number of nitrogens with zero attached hydrogens (tertiary/aromatic N) is 2. The van der Waals surface area contributed by atoms with Crippen LogP contribution in [0.3, 0.4) is 0 Å². The van der Waals surface area contributed by atoms with Crippen LogP contribution in [0.25, 0.3) is 11.0 Å². The second-order valence-electron chi connectivity index (χ2n) is 9.12. The van der Waals surface area contributed by atoms with Gasteiger partial charge in [0.1, 0.15) is 16.7 Å². The van der Waals surface area contributed by atoms with Crippen LogP contribution >= 0.6 is 11.3 Å². The summed E-state index contributed by atoms with van der Waals surface area (Å²) < 4.78 is 68.3. The smallest absolute Gasteiger partial charge is 0.433 e. The van der Waals surface area contributed by atoms with E-state index in [0.29, 0.717) is 11.6 Å². The minimum atomic E-state index is -4.76. The number of aromatic carboxylic acids is 1. The predicted octanol–water partition coefficient (Wildman–Crippen LogP) is 5.43. The molecule has 0 saturated carbocycles. The van der Waals surface area contributed by atoms with Gasteiger partial charge in [0.15, 0.2) is 0 Å². The van der Waals surface area contributed by atoms with Gasteiger partial charge in [-0.25, -0.2) is 22.2 Å². The minimum absolute atomic E-state index is 0.0927. The molecule has 0 bridgehead atoms. The highest BCUT2D eigenvalue weighted by molar-refractivity contribution is 7.90. The average molecular weight is 539 g/mol. The average Bonchev–Trinajstić information content (AvgIpc) is 3.43. The maximum atomic E-state index is 13.9. The molecule has 3 aromatic heterocycles. The number of benzene rings is 1. The van der Waals surface area contributed by atoms with Crippen molar-refractivity contribution < 1.29 is 36.6 Å². The van der Waals surface area contributed by atoms with Gasteiger partial charge >= 0.3 is 12.1 Å². The van der Waals surface area contributed by atoms with E-state index in [2.05, 4.69) is 4.98 Å². The lowest BCUT2D eigenvalue weighted by atomic mass is 9.87. The number of hydrogen-bond acceptors (Lipinski definition) is 6. The van der Waals surface area contributed by atoms with Gasteiger partial charge in [-0.1, -0.05) is 32.9 Å². The molecule has 3 heterocycles. The van der Waals surface area contributed by atoms with Gasteiger partial charge < -0.3 is 10.2 Å². The summed E-state index contributed by atoms with van der Waals surface area (Å²) in [4.78, 5) is 14.8. The summed E-state index contributed by atoms with van der Waals surface area (Å²) >= 11 is 0.724. The zero-order valence-electron chi connectivity index (χ0n) is 19.2. The highest BCUT2D eigenvalue weighted by Gasteiger charge is 2.35. The van der Waals surface area contributed by atoms with E-state index < -0.39 is 34.0 Å². The lowest BCUT2D eigenvalue weighted by Gasteiger charge is -2.21. The Kier molecular flexibility index (Phi) is 6.26. The van der Waals surface area contributed by atoms with Crippen LogP contribution in [-0.2, 0) is 21.6 Å². The standard InChI is InChI=1S/C24H21F3N2O5S2/c1-23(2,3)13-5-4-6-14(11-13)36(33,34)29-16-7-10-20(24(25,26)27)28-15(16)12-17(29)21(30)18-8-9-19(35-18)22(31)32/h4-12,21,30H,1-3H3,(H,31,32). The molecule has 0 amide bonds. The number of aliphatic hydroxyl groups is 1. The molecule has 36 heavy (non-hydrogen) atoms. The Morgan fingerprint density at radius 3 is 2.33 bits per heavy atom. The summed E-state index contributed by atoms with van der Waals surface area (Å²) in [5.41, 5.74) is -1.61. The molecule has 1 aromatic carbocycles. The normalized spacial score (nSPS) is 13.8. The van der Waals surface area contributed by atoms with Crippen LogP contribution in [0.1, 0.15) is 58.4 Å². The van der Waals surface area contributed by atoms with Crippen molar-refractivity contribution in [1.29, 1.82) is 0 Å². The predicted molar refractivity (Wildman–Crippen MR) is 128 cm³/mol. The number of rotatable bonds is 5. The van der Waals surface area contributed by atoms with E-state index in [4.69, 9.17) is 0 Å². The second kappa shape index (κ2) is 8.71. The second-order valence-corrected chi connectivity index (χ2v) is 12.0. The van der Waals surface area contributed by atoms with Crippen molar-refractivity contribution in [1.82, 2.24) is 8.96 Å². The summed E-state index contributed by atoms with van der Waals surface area (Å²) in [6, 6.07) is 11.5. The molecule has 190 valence electrons. The minimum Gasteiger partial charge on any atom is -0.477 e. The highest BCUT2D eigenvalue weighted by Crippen LogP contribution is 2.37. The number of hydrogen-bond donors (Lipinski definition) is 2. The first kappa shape index (κ1) is 25.9. The maximum Gasteiger partial charge on any atom is 0.433 e. The van der Waals surface area contributed by atoms with Crippen molar-refractivity contribution in [2.75, 3.05) is 0 Å². The van der Waals surface area contributed by atoms with Crippen LogP contribution in [0.4, 0.5) is 13.2 Å². The highest BCUT2D eigenvalue weighted by atomic mass is 32.2. The molecule has 4 aromatic rings. The SMILES string of the molecule is CC(C)(C)c1cccc(S(=O)(=O)n2c(C(O)c3ccc(C(=O)O)s3)cc3nc(C(F)(F)F)ccc32)c1. The molecular weight excluding hydrogens is 517 g/mol. The summed E-state index contributed by atoms with van der Waals surface area (Å²) in [6.07, 6.45) is -6.41. The van der Waals surface area contributed by atoms with Crippen LogP contribution < -0.4 is 0 Å². The Bertz CT molecular complexity index is 1580. The number of carboxylic acids is 1. The Morgan fingerprint density at radius 1 is 1.06 bits per heavy atom. The fraction of sp³-hybridized carbons (Fsp3) is 0.250. The summed E-state index contributed by atoms with van der Waals surface area (Å²) in [6.45, 7) is 5.70. The molecule has 7 nitrogen and oxygen atoms in total. The third-order valence-electron chi connectivity index (χ3n) is 5.56. The van der Waals surface area contributed by atoms with Crippen molar-refractivity contribution in [3.63, 3.8) is 0 Å². The van der Waals surface area contributed by atoms with Gasteiger partial charge in [0.2, 0.25) is 0 Å². The fourth-order valence-corrected chi connectivity index (χ4v) is 6.11. The lowest BCUT2D eigenvalue weighted by molar-refractivity contribution is -0.140. The molecule has 0 aliphatic heterocycles. The van der Waals surface area contributed by atoms with Crippen LogP contribution in [0.5, 0.6) is 0 Å². The third-order valence-corrected chi connectivity index (χ3v) is 8.42. The number of halogens is 3. The number of carbonyl (C=O) groups is 1. The molecule has 0 radical (unpaired) electrons. The van der Waals surface area contributed by atoms with Gasteiger partial charge in [-0.2, -0.15) is 13.2 Å². The molecule has 4 rings (SSSR count). The molecule has 0 aliphatic rings. The van der Waals surface area contributed by atoms with Crippen LogP contribution in [0, 0.1) is 0 Å². The van der Waals surface area contributed by atoms with E-state index in [1.165, 1.54) is 24.3 Å². The first-order chi connectivity index (χ1) is 16.6. The number of carboxylic acid groups (broad SMARTS) is 1. The molecule has 1 atom stereocenters. The van der Waals surface area contributed by atoms with E-state index >= 15 is 0 Å². The molecular formula is C24H21F3N2O5S2. The molecule has 0 spiro atoms. The van der Waals surface area contributed by atoms with E-state index in [1.807, 2.05) is 20.8 Å². The third kappa shape index (κ3) is 4.63. The van der Waals surface area contributed by atoms with Crippen molar-refractivity contribution >= 4 is 38.4 Å². The first-order valence-electron chi connectivity index (χ1n) is 10.6. The summed E-state index contributed by atoms with van der Waals surface area (Å²) in [5.74, 6) is -1.23. The number of alkyl halides is 3. The lowest BCUT2D eigenvalue weighted by Crippen LogP contribution is -2.19. The Morgan fingerprint density at radius 2 is 1.75 bits per heavy atom. The van der Waals surface area contributed by atoms with E-state index in [0.717, 1.165) is 27.4 Å². The zero-order chi connectivity index (χ0) is 26.6. The fourth-order valence-electron chi connectivity index (χ4n) is 3.69. The molecule has 12 heteroatoms. The maximum absolute atomic E-state index is 13.9. The van der Waals surface area contributed by atoms with Crippen LogP contribution in [0.2, 0.25) is 0 Å². The van der Waals surface area contributed by atoms with E-state index in [-0.39, 0.29) is 36.8 Å². The van der Waals surface area contributed by atoms with Gasteiger partial charge in [-0.3, -0.25) is 0 Å². The Labute approximate surface area is 208 Å². The molecule has 0 saturated heterocycles. The van der Waals surface area contributed by atoms with Gasteiger partial charge in [0, 0.05) is 4.88 Å². The summed E-state index contributed by atoms with van der Waals surface area (Å²) in [5, 5.41) is 20.3. The van der Waals surface area contributed by atoms with Gasteiger partial charge in [0.05, 0.1) is 21.6 Å². The van der Waals surface area contributed by atoms with E-state index in [1.54, 1.807) is 12.1 Å². The molecule has 2 N–H and O–H groups in total. The van der Waals surface area contributed by atoms with Crippen LogP contribution in [0.15, 0.2) is 59.5 Å². The van der Waals surface area contributed by atoms with E-state index in [9.17, 15) is 36.6 Å². The van der Waals surface area contributed by atoms with Crippen LogP contribution in [-0.4, -0.2) is 33.6 Å².